The molecular weight excluding hydrogens is 408 g/mol. The van der Waals surface area contributed by atoms with Crippen LogP contribution in [0.3, 0.4) is 0 Å². The monoisotopic (exact) mass is 417 g/mol. The van der Waals surface area contributed by atoms with Crippen LogP contribution in [0.15, 0.2) is 12.3 Å². The van der Waals surface area contributed by atoms with Crippen LogP contribution in [0.25, 0.3) is 0 Å². The summed E-state index contributed by atoms with van der Waals surface area (Å²) >= 11 is 4.14. The highest BCUT2D eigenvalue weighted by Crippen LogP contribution is 2.14. The molecule has 0 aromatic carbocycles. The summed E-state index contributed by atoms with van der Waals surface area (Å²) in [4.78, 5) is 15.6. The Morgan fingerprint density at radius 2 is 2.14 bits per heavy atom. The van der Waals surface area contributed by atoms with E-state index in [-0.39, 0.29) is 12.1 Å². The summed E-state index contributed by atoms with van der Waals surface area (Å²) in [5, 5.41) is 0. The summed E-state index contributed by atoms with van der Waals surface area (Å²) in [6, 6.07) is 1.78. The lowest BCUT2D eigenvalue weighted by molar-refractivity contribution is 0.0376. The molecule has 0 radical (unpaired) electrons. The van der Waals surface area contributed by atoms with Crippen LogP contribution in [-0.2, 0) is 4.74 Å². The van der Waals surface area contributed by atoms with Crippen LogP contribution in [0, 0.1) is 7.27 Å². The van der Waals surface area contributed by atoms with E-state index in [2.05, 4.69) is 27.6 Å². The SMILES string of the molecule is CC(C)OC(=O)c1cc(I)cnc1I. The van der Waals surface area contributed by atoms with Crippen molar-refractivity contribution in [2.75, 3.05) is 0 Å². The van der Waals surface area contributed by atoms with E-state index in [9.17, 15) is 4.79 Å². The van der Waals surface area contributed by atoms with Gasteiger partial charge in [-0.2, -0.15) is 0 Å². The van der Waals surface area contributed by atoms with Crippen LogP contribution in [0.4, 0.5) is 0 Å². The first kappa shape index (κ1) is 12.2. The van der Waals surface area contributed by atoms with Gasteiger partial charge in [0.25, 0.3) is 0 Å². The van der Waals surface area contributed by atoms with Crippen molar-refractivity contribution < 1.29 is 9.53 Å². The van der Waals surface area contributed by atoms with Gasteiger partial charge < -0.3 is 4.74 Å². The van der Waals surface area contributed by atoms with Gasteiger partial charge in [-0.1, -0.05) is 0 Å². The Labute approximate surface area is 110 Å². The summed E-state index contributed by atoms with van der Waals surface area (Å²) in [6.45, 7) is 3.65. The molecule has 0 saturated heterocycles. The molecule has 1 aromatic rings. The quantitative estimate of drug-likeness (QED) is 0.423. The lowest BCUT2D eigenvalue weighted by Crippen LogP contribution is -2.13. The smallest absolute Gasteiger partial charge is 0.341 e. The molecule has 0 spiro atoms. The van der Waals surface area contributed by atoms with Crippen molar-refractivity contribution in [1.82, 2.24) is 4.98 Å². The van der Waals surface area contributed by atoms with Crippen LogP contribution >= 0.6 is 45.2 Å². The molecule has 14 heavy (non-hydrogen) atoms. The summed E-state index contributed by atoms with van der Waals surface area (Å²) in [5.74, 6) is -0.310. The lowest BCUT2D eigenvalue weighted by atomic mass is 10.3. The molecule has 76 valence electrons. The van der Waals surface area contributed by atoms with Crippen molar-refractivity contribution >= 4 is 51.2 Å². The number of hydrogen-bond acceptors (Lipinski definition) is 3. The topological polar surface area (TPSA) is 39.2 Å². The molecule has 0 saturated carbocycles. The summed E-state index contributed by atoms with van der Waals surface area (Å²) in [5.41, 5.74) is 0.534. The first-order valence-electron chi connectivity index (χ1n) is 4.02. The highest BCUT2D eigenvalue weighted by atomic mass is 127. The molecule has 0 aliphatic heterocycles. The summed E-state index contributed by atoms with van der Waals surface area (Å²) in [7, 11) is 0. The molecule has 0 amide bonds. The maximum Gasteiger partial charge on any atom is 0.341 e. The third-order valence-electron chi connectivity index (χ3n) is 1.37. The van der Waals surface area contributed by atoms with Gasteiger partial charge in [-0.3, -0.25) is 0 Å². The van der Waals surface area contributed by atoms with Crippen molar-refractivity contribution in [1.29, 1.82) is 0 Å². The molecule has 1 aromatic heterocycles. The molecule has 0 unspecified atom stereocenters. The van der Waals surface area contributed by atoms with Gasteiger partial charge in [0.2, 0.25) is 0 Å². The van der Waals surface area contributed by atoms with E-state index in [0.29, 0.717) is 9.26 Å². The zero-order chi connectivity index (χ0) is 10.7. The fourth-order valence-electron chi connectivity index (χ4n) is 0.843. The molecule has 0 aliphatic rings. The summed E-state index contributed by atoms with van der Waals surface area (Å²) in [6.07, 6.45) is 1.62. The average Bonchev–Trinajstić information content (AvgIpc) is 2.08. The van der Waals surface area contributed by atoms with Crippen LogP contribution in [-0.4, -0.2) is 17.1 Å². The molecule has 1 heterocycles. The number of pyridine rings is 1. The van der Waals surface area contributed by atoms with Gasteiger partial charge in [-0.05, 0) is 65.1 Å². The number of ether oxygens (including phenoxy) is 1. The Hall–Kier alpha value is 0.0800. The van der Waals surface area contributed by atoms with Crippen LogP contribution in [0.1, 0.15) is 24.2 Å². The maximum atomic E-state index is 11.6. The number of carbonyl (C=O) groups is 1. The minimum atomic E-state index is -0.310. The van der Waals surface area contributed by atoms with Crippen molar-refractivity contribution in [2.24, 2.45) is 0 Å². The van der Waals surface area contributed by atoms with E-state index >= 15 is 0 Å². The molecule has 0 N–H and O–H groups in total. The number of nitrogens with zero attached hydrogens (tertiary/aromatic N) is 1. The summed E-state index contributed by atoms with van der Waals surface area (Å²) < 4.78 is 6.69. The highest BCUT2D eigenvalue weighted by Gasteiger charge is 2.14. The molecule has 3 nitrogen and oxygen atoms in total. The third-order valence-corrected chi connectivity index (χ3v) is 2.82. The molecule has 0 atom stereocenters. The maximum absolute atomic E-state index is 11.6. The minimum absolute atomic E-state index is 0.101. The van der Waals surface area contributed by atoms with E-state index in [0.717, 1.165) is 3.57 Å². The normalized spacial score (nSPS) is 10.4. The Kier molecular flexibility index (Phi) is 4.55. The highest BCUT2D eigenvalue weighted by molar-refractivity contribution is 14.1. The van der Waals surface area contributed by atoms with E-state index in [1.54, 1.807) is 12.3 Å². The predicted octanol–water partition coefficient (Wildman–Crippen LogP) is 2.86. The number of rotatable bonds is 2. The van der Waals surface area contributed by atoms with E-state index in [1.807, 2.05) is 36.4 Å². The fourth-order valence-corrected chi connectivity index (χ4v) is 1.81. The van der Waals surface area contributed by atoms with Gasteiger partial charge in [0, 0.05) is 9.77 Å². The number of aromatic nitrogens is 1. The number of hydrogen-bond donors (Lipinski definition) is 0. The van der Waals surface area contributed by atoms with E-state index in [4.69, 9.17) is 4.74 Å². The largest absolute Gasteiger partial charge is 0.459 e. The van der Waals surface area contributed by atoms with Crippen LogP contribution in [0.2, 0.25) is 0 Å². The molecular formula is C9H9I2NO2. The van der Waals surface area contributed by atoms with Gasteiger partial charge in [0.05, 0.1) is 11.7 Å². The Morgan fingerprint density at radius 1 is 1.50 bits per heavy atom. The van der Waals surface area contributed by atoms with Crippen molar-refractivity contribution in [3.8, 4) is 0 Å². The third kappa shape index (κ3) is 3.34. The Morgan fingerprint density at radius 3 is 2.71 bits per heavy atom. The zero-order valence-corrected chi connectivity index (χ0v) is 12.1. The zero-order valence-electron chi connectivity index (χ0n) is 7.75. The second-order valence-corrected chi connectivity index (χ2v) is 5.21. The molecule has 0 fully saturated rings. The number of esters is 1. The lowest BCUT2D eigenvalue weighted by Gasteiger charge is -2.08. The Bertz CT molecular complexity index is 353. The first-order chi connectivity index (χ1) is 6.50. The number of halogens is 2. The molecule has 0 bridgehead atoms. The van der Waals surface area contributed by atoms with Gasteiger partial charge in [-0.15, -0.1) is 0 Å². The van der Waals surface area contributed by atoms with E-state index < -0.39 is 0 Å². The minimum Gasteiger partial charge on any atom is -0.459 e. The van der Waals surface area contributed by atoms with Gasteiger partial charge in [0.1, 0.15) is 3.70 Å². The number of carbonyl (C=O) groups excluding carboxylic acids is 1. The van der Waals surface area contributed by atoms with Gasteiger partial charge in [-0.25, -0.2) is 9.78 Å². The standard InChI is InChI=1S/C9H9I2NO2/c1-5(2)14-9(13)7-3-6(10)4-12-8(7)11/h3-5H,1-2H3. The van der Waals surface area contributed by atoms with Crippen LogP contribution in [0.5, 0.6) is 0 Å². The predicted molar refractivity (Wildman–Crippen MR) is 70.2 cm³/mol. The van der Waals surface area contributed by atoms with Gasteiger partial charge in [0.15, 0.2) is 0 Å². The van der Waals surface area contributed by atoms with Crippen molar-refractivity contribution in [2.45, 2.75) is 20.0 Å². The van der Waals surface area contributed by atoms with Crippen molar-refractivity contribution in [3.63, 3.8) is 0 Å². The second-order valence-electron chi connectivity index (χ2n) is 2.95. The van der Waals surface area contributed by atoms with Crippen molar-refractivity contribution in [3.05, 3.63) is 25.1 Å². The molecule has 0 aliphatic carbocycles. The van der Waals surface area contributed by atoms with Gasteiger partial charge >= 0.3 is 5.97 Å². The van der Waals surface area contributed by atoms with E-state index in [1.165, 1.54) is 0 Å². The molecule has 1 rings (SSSR count). The average molecular weight is 417 g/mol. The Balaban J connectivity index is 2.94. The second kappa shape index (κ2) is 5.24. The molecule has 5 heteroatoms. The fraction of sp³-hybridized carbons (Fsp3) is 0.333. The van der Waals surface area contributed by atoms with Crippen LogP contribution < -0.4 is 0 Å². The first-order valence-corrected chi connectivity index (χ1v) is 6.18.